The summed E-state index contributed by atoms with van der Waals surface area (Å²) in [6.45, 7) is 6.44. The highest BCUT2D eigenvalue weighted by Gasteiger charge is 2.49. The maximum atomic E-state index is 5.80. The molecule has 1 unspecified atom stereocenters. The Bertz CT molecular complexity index is 332. The zero-order valence-electron chi connectivity index (χ0n) is 8.95. The summed E-state index contributed by atoms with van der Waals surface area (Å²) in [4.78, 5) is 4.34. The fraction of sp³-hybridized carbons (Fsp3) is 0.800. The normalized spacial score (nSPS) is 26.1. The van der Waals surface area contributed by atoms with E-state index in [1.165, 1.54) is 0 Å². The number of hydrogen-bond acceptors (Lipinski definition) is 4. The standard InChI is InChI=1S/C10H17N3O/c1-4-7(11)9-12-8(13-14-9)6-5-10(6,2)3/h6-7H,4-5,11H2,1-3H3/t6?,7-/m0/s1. The Balaban J connectivity index is 2.11. The molecule has 1 aromatic rings. The van der Waals surface area contributed by atoms with Gasteiger partial charge >= 0.3 is 0 Å². The molecule has 0 aliphatic heterocycles. The third-order valence-electron chi connectivity index (χ3n) is 3.04. The predicted molar refractivity (Wildman–Crippen MR) is 52.7 cm³/mol. The molecule has 0 radical (unpaired) electrons. The van der Waals surface area contributed by atoms with Gasteiger partial charge in [0.05, 0.1) is 6.04 Å². The van der Waals surface area contributed by atoms with Gasteiger partial charge in [-0.3, -0.25) is 0 Å². The first-order valence-electron chi connectivity index (χ1n) is 5.13. The Morgan fingerprint density at radius 1 is 1.64 bits per heavy atom. The molecule has 1 heterocycles. The van der Waals surface area contributed by atoms with Crippen LogP contribution in [0.15, 0.2) is 4.52 Å². The van der Waals surface area contributed by atoms with Crippen LogP contribution in [0.5, 0.6) is 0 Å². The lowest BCUT2D eigenvalue weighted by molar-refractivity contribution is 0.347. The number of rotatable bonds is 3. The van der Waals surface area contributed by atoms with Gasteiger partial charge < -0.3 is 10.3 Å². The molecule has 0 saturated heterocycles. The van der Waals surface area contributed by atoms with Gasteiger partial charge in [-0.1, -0.05) is 25.9 Å². The Morgan fingerprint density at radius 3 is 2.79 bits per heavy atom. The van der Waals surface area contributed by atoms with Crippen molar-refractivity contribution >= 4 is 0 Å². The summed E-state index contributed by atoms with van der Waals surface area (Å²) in [7, 11) is 0. The molecule has 2 N–H and O–H groups in total. The molecule has 4 nitrogen and oxygen atoms in total. The van der Waals surface area contributed by atoms with Crippen LogP contribution in [0.1, 0.15) is 57.3 Å². The van der Waals surface area contributed by atoms with E-state index in [2.05, 4.69) is 24.0 Å². The summed E-state index contributed by atoms with van der Waals surface area (Å²) in [5, 5.41) is 3.98. The Morgan fingerprint density at radius 2 is 2.29 bits per heavy atom. The van der Waals surface area contributed by atoms with E-state index in [1.54, 1.807) is 0 Å². The lowest BCUT2D eigenvalue weighted by Gasteiger charge is -1.99. The molecule has 2 rings (SSSR count). The molecule has 1 aromatic heterocycles. The summed E-state index contributed by atoms with van der Waals surface area (Å²) in [6.07, 6.45) is 1.98. The van der Waals surface area contributed by atoms with Crippen LogP contribution in [0.2, 0.25) is 0 Å². The van der Waals surface area contributed by atoms with E-state index in [4.69, 9.17) is 10.3 Å². The van der Waals surface area contributed by atoms with Crippen LogP contribution in [-0.4, -0.2) is 10.1 Å². The molecule has 0 bridgehead atoms. The lowest BCUT2D eigenvalue weighted by Crippen LogP contribution is -2.08. The van der Waals surface area contributed by atoms with Gasteiger partial charge in [0.1, 0.15) is 0 Å². The summed E-state index contributed by atoms with van der Waals surface area (Å²) < 4.78 is 5.13. The van der Waals surface area contributed by atoms with Gasteiger partial charge in [-0.05, 0) is 18.3 Å². The maximum Gasteiger partial charge on any atom is 0.243 e. The Kier molecular flexibility index (Phi) is 2.10. The Labute approximate surface area is 83.9 Å². The fourth-order valence-electron chi connectivity index (χ4n) is 1.62. The summed E-state index contributed by atoms with van der Waals surface area (Å²) >= 11 is 0. The van der Waals surface area contributed by atoms with Crippen molar-refractivity contribution in [1.82, 2.24) is 10.1 Å². The minimum Gasteiger partial charge on any atom is -0.338 e. The average Bonchev–Trinajstić information content (AvgIpc) is 2.64. The van der Waals surface area contributed by atoms with Crippen molar-refractivity contribution in [2.24, 2.45) is 11.1 Å². The molecule has 0 aromatic carbocycles. The quantitative estimate of drug-likeness (QED) is 0.801. The van der Waals surface area contributed by atoms with E-state index in [0.29, 0.717) is 17.2 Å². The molecule has 2 atom stereocenters. The number of aromatic nitrogens is 2. The highest BCUT2D eigenvalue weighted by atomic mass is 16.5. The van der Waals surface area contributed by atoms with Crippen molar-refractivity contribution < 1.29 is 4.52 Å². The predicted octanol–water partition coefficient (Wildman–Crippen LogP) is 1.99. The monoisotopic (exact) mass is 195 g/mol. The second-order valence-electron chi connectivity index (χ2n) is 4.75. The molecular weight excluding hydrogens is 178 g/mol. The van der Waals surface area contributed by atoms with Crippen molar-refractivity contribution in [3.63, 3.8) is 0 Å². The highest BCUT2D eigenvalue weighted by Crippen LogP contribution is 2.57. The summed E-state index contributed by atoms with van der Waals surface area (Å²) in [6, 6.07) is -0.113. The minimum atomic E-state index is -0.113. The van der Waals surface area contributed by atoms with Gasteiger partial charge in [0.2, 0.25) is 5.89 Å². The van der Waals surface area contributed by atoms with Crippen LogP contribution < -0.4 is 5.73 Å². The first kappa shape index (κ1) is 9.65. The van der Waals surface area contributed by atoms with E-state index < -0.39 is 0 Å². The van der Waals surface area contributed by atoms with Gasteiger partial charge in [0, 0.05) is 5.92 Å². The second kappa shape index (κ2) is 3.05. The molecule has 1 fully saturated rings. The van der Waals surface area contributed by atoms with E-state index >= 15 is 0 Å². The van der Waals surface area contributed by atoms with Gasteiger partial charge in [-0.15, -0.1) is 0 Å². The molecular formula is C10H17N3O. The van der Waals surface area contributed by atoms with E-state index in [1.807, 2.05) is 6.92 Å². The number of nitrogens with zero attached hydrogens (tertiary/aromatic N) is 2. The topological polar surface area (TPSA) is 64.9 Å². The van der Waals surface area contributed by atoms with Crippen LogP contribution in [0.4, 0.5) is 0 Å². The number of hydrogen-bond donors (Lipinski definition) is 1. The van der Waals surface area contributed by atoms with Gasteiger partial charge in [-0.2, -0.15) is 4.98 Å². The third-order valence-corrected chi connectivity index (χ3v) is 3.04. The van der Waals surface area contributed by atoms with Crippen molar-refractivity contribution in [2.45, 2.75) is 45.6 Å². The Hall–Kier alpha value is -0.900. The van der Waals surface area contributed by atoms with Gasteiger partial charge in [-0.25, -0.2) is 0 Å². The van der Waals surface area contributed by atoms with E-state index in [0.717, 1.165) is 18.7 Å². The molecule has 4 heteroatoms. The SMILES string of the molecule is CC[C@H](N)c1nc(C2CC2(C)C)no1. The van der Waals surface area contributed by atoms with Crippen molar-refractivity contribution in [2.75, 3.05) is 0 Å². The van der Waals surface area contributed by atoms with Crippen molar-refractivity contribution in [3.8, 4) is 0 Å². The van der Waals surface area contributed by atoms with Gasteiger partial charge in [0.15, 0.2) is 5.82 Å². The summed E-state index contributed by atoms with van der Waals surface area (Å²) in [5.41, 5.74) is 6.14. The average molecular weight is 195 g/mol. The summed E-state index contributed by atoms with van der Waals surface area (Å²) in [5.74, 6) is 1.86. The van der Waals surface area contributed by atoms with Crippen LogP contribution in [-0.2, 0) is 0 Å². The van der Waals surface area contributed by atoms with Crippen LogP contribution >= 0.6 is 0 Å². The van der Waals surface area contributed by atoms with E-state index in [-0.39, 0.29) is 6.04 Å². The molecule has 0 amide bonds. The van der Waals surface area contributed by atoms with Crippen LogP contribution in [0.25, 0.3) is 0 Å². The third kappa shape index (κ3) is 1.54. The minimum absolute atomic E-state index is 0.113. The van der Waals surface area contributed by atoms with Gasteiger partial charge in [0.25, 0.3) is 0 Å². The first-order chi connectivity index (χ1) is 6.54. The second-order valence-corrected chi connectivity index (χ2v) is 4.75. The highest BCUT2D eigenvalue weighted by molar-refractivity contribution is 5.14. The zero-order valence-corrected chi connectivity index (χ0v) is 8.95. The van der Waals surface area contributed by atoms with Crippen molar-refractivity contribution in [1.29, 1.82) is 0 Å². The lowest BCUT2D eigenvalue weighted by atomic mass is 10.1. The largest absolute Gasteiger partial charge is 0.338 e. The molecule has 14 heavy (non-hydrogen) atoms. The van der Waals surface area contributed by atoms with E-state index in [9.17, 15) is 0 Å². The molecule has 1 aliphatic carbocycles. The molecule has 1 aliphatic rings. The molecule has 1 saturated carbocycles. The smallest absolute Gasteiger partial charge is 0.243 e. The van der Waals surface area contributed by atoms with Crippen LogP contribution in [0.3, 0.4) is 0 Å². The van der Waals surface area contributed by atoms with Crippen LogP contribution in [0, 0.1) is 5.41 Å². The fourth-order valence-corrected chi connectivity index (χ4v) is 1.62. The maximum absolute atomic E-state index is 5.80. The van der Waals surface area contributed by atoms with Crippen molar-refractivity contribution in [3.05, 3.63) is 11.7 Å². The molecule has 78 valence electrons. The molecule has 0 spiro atoms. The first-order valence-corrected chi connectivity index (χ1v) is 5.13. The zero-order chi connectivity index (χ0) is 10.3. The number of nitrogens with two attached hydrogens (primary N) is 1.